The second kappa shape index (κ2) is 18.2. The fourth-order valence-corrected chi connectivity index (χ4v) is 5.02. The average molecular weight is 449 g/mol. The van der Waals surface area contributed by atoms with Crippen LogP contribution >= 0.6 is 0 Å². The number of allylic oxidation sites excluding steroid dienone is 2. The van der Waals surface area contributed by atoms with Gasteiger partial charge in [-0.25, -0.2) is 0 Å². The number of carbonyl (C=O) groups is 1. The van der Waals surface area contributed by atoms with Gasteiger partial charge in [-0.05, 0) is 32.6 Å². The van der Waals surface area contributed by atoms with E-state index in [1.54, 1.807) is 6.92 Å². The van der Waals surface area contributed by atoms with Gasteiger partial charge in [0, 0.05) is 20.3 Å². The highest BCUT2D eigenvalue weighted by Crippen LogP contribution is 2.26. The first-order valence-corrected chi connectivity index (χ1v) is 13.8. The molecule has 3 atom stereocenters. The average Bonchev–Trinajstić information content (AvgIpc) is 3.19. The maximum Gasteiger partial charge on any atom is 0.221 e. The predicted octanol–water partition coefficient (Wildman–Crippen LogP) is 7.52. The molecule has 186 valence electrons. The topological polar surface area (TPSA) is 41.1 Å². The largest absolute Gasteiger partial charge is 0.338 e. The summed E-state index contributed by atoms with van der Waals surface area (Å²) in [6, 6.07) is 0. The summed E-state index contributed by atoms with van der Waals surface area (Å²) in [6.07, 6.45) is 31.1. The summed E-state index contributed by atoms with van der Waals surface area (Å²) in [5.74, 6) is 0.0532. The summed E-state index contributed by atoms with van der Waals surface area (Å²) in [4.78, 5) is 11.5. The van der Waals surface area contributed by atoms with Crippen molar-refractivity contribution in [3.8, 4) is 0 Å². The van der Waals surface area contributed by atoms with E-state index < -0.39 is 0 Å². The van der Waals surface area contributed by atoms with Crippen molar-refractivity contribution in [2.45, 2.75) is 143 Å². The molecular formula is C28H54N3O+. The maximum absolute atomic E-state index is 11.5. The molecule has 1 aliphatic heterocycles. The van der Waals surface area contributed by atoms with Crippen molar-refractivity contribution < 1.29 is 9.28 Å². The summed E-state index contributed by atoms with van der Waals surface area (Å²) < 4.78 is 0.814. The van der Waals surface area contributed by atoms with Crippen LogP contribution in [0.15, 0.2) is 24.6 Å². The van der Waals surface area contributed by atoms with Crippen molar-refractivity contribution in [2.75, 3.05) is 6.54 Å². The quantitative estimate of drug-likeness (QED) is 0.115. The van der Waals surface area contributed by atoms with Gasteiger partial charge in [0.25, 0.3) is 0 Å². The second-order valence-corrected chi connectivity index (χ2v) is 9.77. The SMILES string of the molecule is CCCC/C=C/CCCCCCCCCCCCCC1NC=C[N+]1(CC)C(C)NC(C)=O. The number of carbonyl (C=O) groups excluding carboxylic acids is 1. The minimum atomic E-state index is 0.0532. The van der Waals surface area contributed by atoms with Gasteiger partial charge in [-0.1, -0.05) is 89.7 Å². The lowest BCUT2D eigenvalue weighted by atomic mass is 10.0. The van der Waals surface area contributed by atoms with Crippen LogP contribution in [-0.4, -0.2) is 29.3 Å². The van der Waals surface area contributed by atoms with Gasteiger partial charge in [0.2, 0.25) is 5.91 Å². The van der Waals surface area contributed by atoms with Crippen molar-refractivity contribution in [1.29, 1.82) is 0 Å². The van der Waals surface area contributed by atoms with Crippen LogP contribution in [0.2, 0.25) is 0 Å². The minimum absolute atomic E-state index is 0.0532. The smallest absolute Gasteiger partial charge is 0.221 e. The van der Waals surface area contributed by atoms with Crippen molar-refractivity contribution in [2.24, 2.45) is 0 Å². The molecule has 0 radical (unpaired) electrons. The number of rotatable bonds is 20. The number of hydrogen-bond donors (Lipinski definition) is 2. The van der Waals surface area contributed by atoms with Gasteiger partial charge in [-0.3, -0.25) is 9.28 Å². The predicted molar refractivity (Wildman–Crippen MR) is 139 cm³/mol. The summed E-state index contributed by atoms with van der Waals surface area (Å²) in [5.41, 5.74) is 0. The van der Waals surface area contributed by atoms with Crippen molar-refractivity contribution in [3.05, 3.63) is 24.6 Å². The van der Waals surface area contributed by atoms with Crippen LogP contribution in [0.1, 0.15) is 130 Å². The fraction of sp³-hybridized carbons (Fsp3) is 0.821. The zero-order chi connectivity index (χ0) is 23.5. The van der Waals surface area contributed by atoms with Gasteiger partial charge in [0.05, 0.1) is 12.7 Å². The van der Waals surface area contributed by atoms with E-state index in [-0.39, 0.29) is 12.1 Å². The summed E-state index contributed by atoms with van der Waals surface area (Å²) in [7, 11) is 0. The summed E-state index contributed by atoms with van der Waals surface area (Å²) in [5, 5.41) is 6.65. The lowest BCUT2D eigenvalue weighted by molar-refractivity contribution is -0.923. The molecule has 0 bridgehead atoms. The first kappa shape index (κ1) is 28.7. The lowest BCUT2D eigenvalue weighted by Crippen LogP contribution is -2.62. The van der Waals surface area contributed by atoms with Gasteiger partial charge in [-0.2, -0.15) is 0 Å². The molecule has 0 saturated heterocycles. The Morgan fingerprint density at radius 1 is 0.906 bits per heavy atom. The molecule has 0 spiro atoms. The third-order valence-corrected chi connectivity index (χ3v) is 7.14. The highest BCUT2D eigenvalue weighted by molar-refractivity contribution is 5.72. The lowest BCUT2D eigenvalue weighted by Gasteiger charge is -2.41. The van der Waals surface area contributed by atoms with E-state index in [2.05, 4.69) is 56.0 Å². The molecule has 0 aromatic heterocycles. The molecule has 32 heavy (non-hydrogen) atoms. The molecule has 1 aliphatic rings. The van der Waals surface area contributed by atoms with Crippen LogP contribution < -0.4 is 10.6 Å². The Morgan fingerprint density at radius 2 is 1.44 bits per heavy atom. The van der Waals surface area contributed by atoms with Gasteiger partial charge in [0.1, 0.15) is 6.20 Å². The summed E-state index contributed by atoms with van der Waals surface area (Å²) >= 11 is 0. The van der Waals surface area contributed by atoms with E-state index in [1.165, 1.54) is 103 Å². The first-order chi connectivity index (χ1) is 15.6. The van der Waals surface area contributed by atoms with E-state index in [4.69, 9.17) is 0 Å². The van der Waals surface area contributed by atoms with Gasteiger partial charge in [-0.15, -0.1) is 0 Å². The molecule has 0 saturated carbocycles. The Bertz CT molecular complexity index is 531. The third-order valence-electron chi connectivity index (χ3n) is 7.14. The number of nitrogens with zero attached hydrogens (tertiary/aromatic N) is 1. The number of nitrogens with one attached hydrogen (secondary N) is 2. The Morgan fingerprint density at radius 3 is 1.97 bits per heavy atom. The third kappa shape index (κ3) is 11.5. The minimum Gasteiger partial charge on any atom is -0.338 e. The second-order valence-electron chi connectivity index (χ2n) is 9.77. The maximum atomic E-state index is 11.5. The molecule has 0 aromatic carbocycles. The molecule has 0 aromatic rings. The highest BCUT2D eigenvalue weighted by atomic mass is 16.1. The van der Waals surface area contributed by atoms with Gasteiger partial charge in [0.15, 0.2) is 12.3 Å². The Hall–Kier alpha value is -1.29. The Labute approximate surface area is 199 Å². The fourth-order valence-electron chi connectivity index (χ4n) is 5.02. The van der Waals surface area contributed by atoms with E-state index in [9.17, 15) is 4.79 Å². The van der Waals surface area contributed by atoms with Crippen molar-refractivity contribution >= 4 is 5.91 Å². The van der Waals surface area contributed by atoms with Crippen LogP contribution in [-0.2, 0) is 4.79 Å². The molecule has 0 aliphatic carbocycles. The standard InChI is InChI=1S/C28H53N3O/c1-5-7-8-9-10-11-12-13-14-15-16-17-18-19-20-21-22-23-28-29-24-25-31(28,6-2)26(3)30-27(4)32/h9-10,24-26,28-29H,5-8,11-23H2,1-4H3/p+1/b10-9+. The van der Waals surface area contributed by atoms with Crippen LogP contribution in [0.3, 0.4) is 0 Å². The van der Waals surface area contributed by atoms with Crippen molar-refractivity contribution in [1.82, 2.24) is 10.6 Å². The number of unbranched alkanes of at least 4 members (excludes halogenated alkanes) is 13. The van der Waals surface area contributed by atoms with Gasteiger partial charge >= 0.3 is 0 Å². The molecular weight excluding hydrogens is 394 g/mol. The van der Waals surface area contributed by atoms with Crippen LogP contribution in [0.5, 0.6) is 0 Å². The monoisotopic (exact) mass is 448 g/mol. The van der Waals surface area contributed by atoms with E-state index in [0.717, 1.165) is 11.0 Å². The summed E-state index contributed by atoms with van der Waals surface area (Å²) in [6.45, 7) is 9.20. The normalized spacial score (nSPS) is 21.2. The van der Waals surface area contributed by atoms with E-state index in [0.29, 0.717) is 6.17 Å². The molecule has 1 heterocycles. The van der Waals surface area contributed by atoms with E-state index in [1.807, 2.05) is 0 Å². The number of amides is 1. The Kier molecular flexibility index (Phi) is 16.3. The zero-order valence-corrected chi connectivity index (χ0v) is 21.8. The molecule has 1 amide bonds. The number of hydrogen-bond acceptors (Lipinski definition) is 2. The molecule has 2 N–H and O–H groups in total. The Balaban J connectivity index is 1.98. The molecule has 4 heteroatoms. The van der Waals surface area contributed by atoms with Crippen molar-refractivity contribution in [3.63, 3.8) is 0 Å². The van der Waals surface area contributed by atoms with Crippen LogP contribution in [0.25, 0.3) is 0 Å². The van der Waals surface area contributed by atoms with Crippen LogP contribution in [0, 0.1) is 0 Å². The highest BCUT2D eigenvalue weighted by Gasteiger charge is 2.41. The first-order valence-electron chi connectivity index (χ1n) is 13.8. The number of quaternary nitrogens is 1. The molecule has 4 nitrogen and oxygen atoms in total. The molecule has 3 unspecified atom stereocenters. The van der Waals surface area contributed by atoms with E-state index >= 15 is 0 Å². The molecule has 1 rings (SSSR count). The zero-order valence-electron chi connectivity index (χ0n) is 21.8. The van der Waals surface area contributed by atoms with Crippen LogP contribution in [0.4, 0.5) is 0 Å². The molecule has 0 fully saturated rings. The van der Waals surface area contributed by atoms with Gasteiger partial charge < -0.3 is 10.6 Å².